The van der Waals surface area contributed by atoms with Crippen LogP contribution in [-0.2, 0) is 37.5 Å². The number of aliphatic hydroxyl groups excluding tert-OH is 9. The Morgan fingerprint density at radius 1 is 0.957 bits per heavy atom. The van der Waals surface area contributed by atoms with E-state index in [1.807, 2.05) is 0 Å². The van der Waals surface area contributed by atoms with Gasteiger partial charge >= 0.3 is 13.8 Å². The number of aliphatic hydroxyl groups is 9. The minimum Gasteiger partial charge on any atom is -0.477 e. The first-order valence-electron chi connectivity index (χ1n) is 14.2. The Kier molecular flexibility index (Phi) is 18.2. The van der Waals surface area contributed by atoms with Crippen LogP contribution in [0.25, 0.3) is 0 Å². The molecule has 14 N–H and O–H groups in total. The Morgan fingerprint density at radius 3 is 2.13 bits per heavy atom. The average molecular weight is 712 g/mol. The number of amides is 2. The van der Waals surface area contributed by atoms with E-state index in [2.05, 4.69) is 25.0 Å². The lowest BCUT2D eigenvalue weighted by Crippen LogP contribution is -2.68. The van der Waals surface area contributed by atoms with E-state index in [0.717, 1.165) is 13.8 Å². The number of carboxylic acid groups (broad SMARTS) is 1. The maximum atomic E-state index is 12.3. The van der Waals surface area contributed by atoms with Gasteiger partial charge in [0.25, 0.3) is 5.79 Å². The summed E-state index contributed by atoms with van der Waals surface area (Å²) in [6.07, 6.45) is -16.1. The van der Waals surface area contributed by atoms with Crippen molar-refractivity contribution in [1.29, 1.82) is 0 Å². The Labute approximate surface area is 268 Å². The van der Waals surface area contributed by atoms with Crippen LogP contribution in [0, 0.1) is 0 Å². The number of aliphatic carboxylic acids is 1. The first-order valence-corrected chi connectivity index (χ1v) is 15.7. The summed E-state index contributed by atoms with van der Waals surface area (Å²) in [6, 6.07) is -2.81. The van der Waals surface area contributed by atoms with E-state index in [4.69, 9.17) is 14.6 Å². The highest BCUT2D eigenvalue weighted by Crippen LogP contribution is 2.42. The van der Waals surface area contributed by atoms with E-state index >= 15 is 0 Å². The van der Waals surface area contributed by atoms with E-state index in [1.165, 1.54) is 0 Å². The summed E-state index contributed by atoms with van der Waals surface area (Å²) in [5.41, 5.74) is 0. The molecule has 1 aliphatic heterocycles. The van der Waals surface area contributed by atoms with Gasteiger partial charge in [-0.05, 0) is 0 Å². The molecule has 2 unspecified atom stereocenters. The van der Waals surface area contributed by atoms with Crippen molar-refractivity contribution >= 4 is 25.6 Å². The topological polar surface area (TPSA) is 364 Å². The molecule has 47 heavy (non-hydrogen) atoms. The first kappa shape index (κ1) is 43.1. The van der Waals surface area contributed by atoms with Gasteiger partial charge in [0.15, 0.2) is 0 Å². The number of carbonyl (C=O) groups excluding carboxylic acids is 2. The second kappa shape index (κ2) is 19.9. The molecule has 2 amide bonds. The van der Waals surface area contributed by atoms with Crippen LogP contribution in [0.4, 0.5) is 0 Å². The molecule has 276 valence electrons. The van der Waals surface area contributed by atoms with Gasteiger partial charge in [-0.15, -0.1) is 0 Å². The maximum Gasteiger partial charge on any atom is 0.472 e. The molecule has 0 bridgehead atoms. The van der Waals surface area contributed by atoms with Gasteiger partial charge in [0.2, 0.25) is 11.8 Å². The van der Waals surface area contributed by atoms with Crippen molar-refractivity contribution in [3.05, 3.63) is 0 Å². The number of hydrogen-bond acceptors (Lipinski definition) is 18. The zero-order valence-corrected chi connectivity index (χ0v) is 26.5. The van der Waals surface area contributed by atoms with Crippen molar-refractivity contribution in [2.75, 3.05) is 46.1 Å². The minimum atomic E-state index is -4.60. The molecule has 12 atom stereocenters. The second-order valence-corrected chi connectivity index (χ2v) is 12.1. The Bertz CT molecular complexity index is 1040. The van der Waals surface area contributed by atoms with Gasteiger partial charge < -0.3 is 81.4 Å². The lowest BCUT2D eigenvalue weighted by molar-refractivity contribution is -0.317. The predicted octanol–water partition coefficient (Wildman–Crippen LogP) is -7.18. The third-order valence-corrected chi connectivity index (χ3v) is 7.74. The summed E-state index contributed by atoms with van der Waals surface area (Å²) >= 11 is 0. The van der Waals surface area contributed by atoms with Crippen LogP contribution in [0.5, 0.6) is 0 Å². The Hall–Kier alpha value is -1.96. The number of ether oxygens (including phenoxy) is 2. The lowest BCUT2D eigenvalue weighted by atomic mass is 9.88. The number of nitrogens with one attached hydrogen (secondary N) is 3. The summed E-state index contributed by atoms with van der Waals surface area (Å²) < 4.78 is 31.6. The van der Waals surface area contributed by atoms with Crippen LogP contribution >= 0.6 is 7.82 Å². The van der Waals surface area contributed by atoms with Crippen LogP contribution < -0.4 is 16.0 Å². The smallest absolute Gasteiger partial charge is 0.472 e. The molecular formula is C24H46N3O19P. The fraction of sp³-hybridized carbons (Fsp3) is 0.875. The fourth-order valence-corrected chi connectivity index (χ4v) is 5.10. The molecule has 0 spiro atoms. The number of hydrogen-bond donors (Lipinski definition) is 14. The molecule has 1 saturated heterocycles. The number of carbonyl (C=O) groups is 3. The molecule has 1 heterocycles. The minimum absolute atomic E-state index is 0.181. The van der Waals surface area contributed by atoms with Gasteiger partial charge in [-0.25, -0.2) is 9.36 Å². The SMILES string of the molecule is CC(=O)N[C@H]1[C@H]([C@H](O)[C@H](O)CO)O[C@@](OC[C@@H](O)[C@H](O)[C@H](O)[C@H](CNCCOP(=O)(O)OCC(O)CO)NC(C)=O)(C(=O)O)C[C@@H]1O. The molecule has 0 aromatic carbocycles. The summed E-state index contributed by atoms with van der Waals surface area (Å²) in [7, 11) is -4.60. The van der Waals surface area contributed by atoms with Gasteiger partial charge in [0.05, 0.1) is 51.2 Å². The van der Waals surface area contributed by atoms with Crippen LogP contribution in [0.3, 0.4) is 0 Å². The van der Waals surface area contributed by atoms with Crippen LogP contribution in [0.2, 0.25) is 0 Å². The van der Waals surface area contributed by atoms with Gasteiger partial charge in [-0.3, -0.25) is 18.6 Å². The molecule has 0 saturated carbocycles. The van der Waals surface area contributed by atoms with Crippen LogP contribution in [0.15, 0.2) is 0 Å². The molecule has 22 nitrogen and oxygen atoms in total. The molecule has 1 rings (SSSR count). The second-order valence-electron chi connectivity index (χ2n) is 10.7. The molecule has 0 radical (unpaired) electrons. The van der Waals surface area contributed by atoms with Gasteiger partial charge in [0, 0.05) is 33.4 Å². The van der Waals surface area contributed by atoms with Gasteiger partial charge in [0.1, 0.15) is 42.7 Å². The van der Waals surface area contributed by atoms with Crippen LogP contribution in [-0.4, -0.2) is 187 Å². The van der Waals surface area contributed by atoms with E-state index in [-0.39, 0.29) is 13.1 Å². The van der Waals surface area contributed by atoms with E-state index < -0.39 is 132 Å². The summed E-state index contributed by atoms with van der Waals surface area (Å²) in [6.45, 7) is -2.35. The van der Waals surface area contributed by atoms with Gasteiger partial charge in [-0.1, -0.05) is 0 Å². The van der Waals surface area contributed by atoms with Crippen molar-refractivity contribution in [3.8, 4) is 0 Å². The zero-order valence-electron chi connectivity index (χ0n) is 25.6. The molecule has 1 fully saturated rings. The standard InChI is InChI=1S/C24H46N3O19P/c1-11(30)26-14(6-25-3-4-44-47(41,42)45-9-13(32)7-28)19(36)20(37)17(35)10-43-24(23(39)40)5-15(33)18(27-12(2)31)22(46-24)21(38)16(34)8-29/h13-22,25,28-29,32-38H,3-10H2,1-2H3,(H,26,30)(H,27,31)(H,39,40)(H,41,42)/t13?,14-,15-,16+,17+,18+,19+,20-,21+,22+,24+/m0/s1. The molecule has 1 aliphatic rings. The predicted molar refractivity (Wildman–Crippen MR) is 152 cm³/mol. The fourth-order valence-electron chi connectivity index (χ4n) is 4.34. The van der Waals surface area contributed by atoms with E-state index in [0.29, 0.717) is 0 Å². The normalized spacial score (nSPS) is 27.4. The number of carboxylic acids is 1. The average Bonchev–Trinajstić information content (AvgIpc) is 3.00. The first-order chi connectivity index (χ1) is 21.8. The monoisotopic (exact) mass is 711 g/mol. The summed E-state index contributed by atoms with van der Waals surface area (Å²) in [4.78, 5) is 45.2. The van der Waals surface area contributed by atoms with Crippen molar-refractivity contribution in [2.45, 2.75) is 87.0 Å². The largest absolute Gasteiger partial charge is 0.477 e. The molecule has 0 aromatic rings. The Balaban J connectivity index is 2.92. The number of rotatable bonds is 22. The summed E-state index contributed by atoms with van der Waals surface area (Å²) in [5, 5.41) is 107. The molecular weight excluding hydrogens is 665 g/mol. The molecule has 0 aliphatic carbocycles. The lowest BCUT2D eigenvalue weighted by Gasteiger charge is -2.46. The number of phosphoric ester groups is 1. The maximum absolute atomic E-state index is 12.3. The highest BCUT2D eigenvalue weighted by atomic mass is 31.2. The van der Waals surface area contributed by atoms with E-state index in [9.17, 15) is 69.8 Å². The third-order valence-electron chi connectivity index (χ3n) is 6.76. The van der Waals surface area contributed by atoms with Gasteiger partial charge in [-0.2, -0.15) is 0 Å². The zero-order chi connectivity index (χ0) is 36.1. The van der Waals surface area contributed by atoms with Crippen molar-refractivity contribution in [1.82, 2.24) is 16.0 Å². The van der Waals surface area contributed by atoms with Crippen molar-refractivity contribution in [2.24, 2.45) is 0 Å². The van der Waals surface area contributed by atoms with E-state index in [1.54, 1.807) is 0 Å². The van der Waals surface area contributed by atoms with Crippen molar-refractivity contribution in [3.63, 3.8) is 0 Å². The van der Waals surface area contributed by atoms with Crippen LogP contribution in [0.1, 0.15) is 20.3 Å². The quantitative estimate of drug-likeness (QED) is 0.0366. The van der Waals surface area contributed by atoms with Crippen molar-refractivity contribution < 1.29 is 93.4 Å². The third kappa shape index (κ3) is 13.8. The Morgan fingerprint density at radius 2 is 1.60 bits per heavy atom. The summed E-state index contributed by atoms with van der Waals surface area (Å²) in [5.74, 6) is -6.14. The highest BCUT2D eigenvalue weighted by molar-refractivity contribution is 7.47. The highest BCUT2D eigenvalue weighted by Gasteiger charge is 2.56. The molecule has 23 heteroatoms. The molecule has 0 aromatic heterocycles. The number of phosphoric acid groups is 1.